The zero-order chi connectivity index (χ0) is 31.3. The van der Waals surface area contributed by atoms with E-state index in [1.807, 2.05) is 0 Å². The number of allylic oxidation sites excluding steroid dienone is 4. The van der Waals surface area contributed by atoms with Crippen LogP contribution in [0.4, 0.5) is 0 Å². The van der Waals surface area contributed by atoms with Gasteiger partial charge >= 0.3 is 0 Å². The molecule has 1 aromatic heterocycles. The van der Waals surface area contributed by atoms with Crippen LogP contribution in [0.3, 0.4) is 0 Å². The molecule has 1 unspecified atom stereocenters. The highest BCUT2D eigenvalue weighted by atomic mass is 15.1. The summed E-state index contributed by atoms with van der Waals surface area (Å²) in [5.74, 6) is 1.18. The molecule has 0 saturated heterocycles. The Morgan fingerprint density at radius 1 is 0.867 bits per heavy atom. The molecule has 2 spiro atoms. The van der Waals surface area contributed by atoms with Gasteiger partial charge in [-0.3, -0.25) is 0 Å². The van der Waals surface area contributed by atoms with Crippen LogP contribution >= 0.6 is 0 Å². The van der Waals surface area contributed by atoms with Gasteiger partial charge in [-0.05, 0) is 112 Å². The molecule has 2 heteroatoms. The Morgan fingerprint density at radius 2 is 1.58 bits per heavy atom. The van der Waals surface area contributed by atoms with Gasteiger partial charge in [-0.2, -0.15) is 0 Å². The van der Waals surface area contributed by atoms with Crippen molar-refractivity contribution in [2.24, 2.45) is 11.8 Å². The third kappa shape index (κ3) is 3.87. The number of fused-ring (bicyclic) bond motifs is 6. The lowest BCUT2D eigenvalue weighted by Crippen LogP contribution is -2.55. The molecule has 2 heterocycles. The van der Waals surface area contributed by atoms with Crippen LogP contribution in [-0.2, 0) is 16.4 Å². The first-order chi connectivity index (χ1) is 21.7. The van der Waals surface area contributed by atoms with E-state index in [2.05, 4.69) is 114 Å². The van der Waals surface area contributed by atoms with Crippen LogP contribution in [0.15, 0.2) is 72.1 Å². The maximum atomic E-state index is 5.41. The van der Waals surface area contributed by atoms with Crippen LogP contribution in [0.2, 0.25) is 0 Å². The number of benzene rings is 3. The van der Waals surface area contributed by atoms with Crippen molar-refractivity contribution in [1.29, 1.82) is 0 Å². The fourth-order valence-corrected chi connectivity index (χ4v) is 10.2. The normalized spacial score (nSPS) is 21.2. The fraction of sp³-hybridized carbons (Fsp3) is 0.488. The van der Waals surface area contributed by atoms with Gasteiger partial charge in [-0.1, -0.05) is 103 Å². The Hall–Kier alpha value is -3.26. The molecule has 1 fully saturated rings. The van der Waals surface area contributed by atoms with Gasteiger partial charge in [0.1, 0.15) is 5.69 Å². The third-order valence-corrected chi connectivity index (χ3v) is 12.6. The molecule has 4 aliphatic rings. The molecule has 0 radical (unpaired) electrons. The zero-order valence-electron chi connectivity index (χ0n) is 28.7. The summed E-state index contributed by atoms with van der Waals surface area (Å²) in [6.45, 7) is 16.6. The zero-order valence-corrected chi connectivity index (χ0v) is 28.7. The number of rotatable bonds is 6. The highest BCUT2D eigenvalue weighted by molar-refractivity contribution is 6.06. The largest absolute Gasteiger partial charge is 0.288 e. The summed E-state index contributed by atoms with van der Waals surface area (Å²) in [6.07, 6.45) is 18.4. The quantitative estimate of drug-likeness (QED) is 0.203. The maximum Gasteiger partial charge on any atom is 0.288 e. The van der Waals surface area contributed by atoms with Gasteiger partial charge in [0.25, 0.3) is 6.33 Å². The first-order valence-corrected chi connectivity index (χ1v) is 18.1. The molecule has 0 bridgehead atoms. The number of aromatic nitrogens is 2. The minimum atomic E-state index is -0.251. The molecule has 232 valence electrons. The van der Waals surface area contributed by atoms with E-state index in [0.29, 0.717) is 11.8 Å². The average Bonchev–Trinajstić information content (AvgIpc) is 3.62. The van der Waals surface area contributed by atoms with Gasteiger partial charge in [0.05, 0.1) is 5.39 Å². The van der Waals surface area contributed by atoms with Crippen molar-refractivity contribution in [2.45, 2.75) is 123 Å². The maximum absolute atomic E-state index is 5.41. The second kappa shape index (κ2) is 10.1. The van der Waals surface area contributed by atoms with E-state index in [1.165, 1.54) is 89.9 Å². The van der Waals surface area contributed by atoms with Crippen molar-refractivity contribution in [3.05, 3.63) is 94.3 Å². The van der Waals surface area contributed by atoms with Crippen LogP contribution in [0.25, 0.3) is 32.9 Å². The van der Waals surface area contributed by atoms with E-state index >= 15 is 0 Å². The highest BCUT2D eigenvalue weighted by Crippen LogP contribution is 2.62. The van der Waals surface area contributed by atoms with Gasteiger partial charge in [-0.25, -0.2) is 4.57 Å². The van der Waals surface area contributed by atoms with Crippen molar-refractivity contribution in [3.63, 3.8) is 0 Å². The second-order valence-electron chi connectivity index (χ2n) is 15.8. The highest BCUT2D eigenvalue weighted by Gasteiger charge is 2.56. The summed E-state index contributed by atoms with van der Waals surface area (Å²) < 4.78 is 2.67. The first kappa shape index (κ1) is 29.2. The molecule has 45 heavy (non-hydrogen) atoms. The van der Waals surface area contributed by atoms with E-state index in [0.717, 1.165) is 6.42 Å². The molecule has 1 aliphatic heterocycles. The summed E-state index contributed by atoms with van der Waals surface area (Å²) in [7, 11) is 0. The van der Waals surface area contributed by atoms with Crippen LogP contribution in [0.1, 0.15) is 129 Å². The first-order valence-electron chi connectivity index (χ1n) is 18.1. The number of hydrogen-bond acceptors (Lipinski definition) is 1. The van der Waals surface area contributed by atoms with Crippen molar-refractivity contribution in [1.82, 2.24) is 4.98 Å². The van der Waals surface area contributed by atoms with E-state index in [1.54, 1.807) is 27.8 Å². The number of nitrogens with zero attached hydrogens (tertiary/aromatic N) is 2. The summed E-state index contributed by atoms with van der Waals surface area (Å²) in [4.78, 5) is 5.41. The van der Waals surface area contributed by atoms with Crippen LogP contribution in [0.5, 0.6) is 0 Å². The lowest BCUT2D eigenvalue weighted by atomic mass is 9.63. The van der Waals surface area contributed by atoms with Gasteiger partial charge in [0.15, 0.2) is 11.1 Å². The minimum Gasteiger partial charge on any atom is -0.215 e. The van der Waals surface area contributed by atoms with Crippen LogP contribution in [-0.4, -0.2) is 4.98 Å². The molecule has 0 N–H and O–H groups in total. The summed E-state index contributed by atoms with van der Waals surface area (Å²) in [5.41, 5.74) is 13.3. The van der Waals surface area contributed by atoms with Crippen molar-refractivity contribution in [3.8, 4) is 11.3 Å². The van der Waals surface area contributed by atoms with E-state index in [-0.39, 0.29) is 16.4 Å². The van der Waals surface area contributed by atoms with Crippen molar-refractivity contribution < 1.29 is 4.57 Å². The minimum absolute atomic E-state index is 0.0362. The summed E-state index contributed by atoms with van der Waals surface area (Å²) in [6, 6.07) is 17.0. The Kier molecular flexibility index (Phi) is 6.56. The van der Waals surface area contributed by atoms with E-state index < -0.39 is 0 Å². The standard InChI is InChI=1S/C43H51N2/c1-8-27(9-2)30-20-31(28(10-3)11-4)25-43(24-30)35-21-29-16-12-13-17-33(29)39-38(35)40-37-34(42(39)18-14-15-19-42)22-32(41(5,6)7)23-36(37)44-26-45(40)43/h12-13,16-17,20-24,26-28H,8-11,14-15,18-19,25H2,1-7H3/q+1. The molecule has 4 aromatic rings. The monoisotopic (exact) mass is 595 g/mol. The molecule has 3 aromatic carbocycles. The molecule has 3 aliphatic carbocycles. The molecule has 8 rings (SSSR count). The summed E-state index contributed by atoms with van der Waals surface area (Å²) in [5, 5.41) is 4.31. The second-order valence-corrected chi connectivity index (χ2v) is 15.8. The number of hydrogen-bond donors (Lipinski definition) is 0. The Bertz CT molecular complexity index is 1920. The Balaban J connectivity index is 1.56. The van der Waals surface area contributed by atoms with Gasteiger partial charge in [-0.15, -0.1) is 0 Å². The van der Waals surface area contributed by atoms with Crippen molar-refractivity contribution >= 4 is 21.7 Å². The van der Waals surface area contributed by atoms with Crippen molar-refractivity contribution in [2.75, 3.05) is 0 Å². The Morgan fingerprint density at radius 3 is 2.27 bits per heavy atom. The van der Waals surface area contributed by atoms with Gasteiger partial charge < -0.3 is 0 Å². The average molecular weight is 596 g/mol. The predicted octanol–water partition coefficient (Wildman–Crippen LogP) is 11.0. The van der Waals surface area contributed by atoms with E-state index in [9.17, 15) is 0 Å². The van der Waals surface area contributed by atoms with Gasteiger partial charge in [0, 0.05) is 23.0 Å². The third-order valence-electron chi connectivity index (χ3n) is 12.6. The molecule has 1 atom stereocenters. The molecule has 1 saturated carbocycles. The SMILES string of the molecule is CCC(CC)C1=CC2(CC(C(CC)CC)=C1)c1cc3ccccc3c3c1-c1c4c(cc(C(C)(C)C)cc4nc[n+]12)C31CCCC1. The van der Waals surface area contributed by atoms with E-state index in [4.69, 9.17) is 4.98 Å². The Labute approximate surface area is 270 Å². The lowest BCUT2D eigenvalue weighted by Gasteiger charge is -2.38. The molecule has 2 nitrogen and oxygen atoms in total. The summed E-state index contributed by atoms with van der Waals surface area (Å²) >= 11 is 0. The molecule has 0 amide bonds. The topological polar surface area (TPSA) is 16.8 Å². The fourth-order valence-electron chi connectivity index (χ4n) is 10.2. The van der Waals surface area contributed by atoms with Crippen LogP contribution < -0.4 is 4.57 Å². The van der Waals surface area contributed by atoms with Crippen LogP contribution in [0, 0.1) is 11.8 Å². The predicted molar refractivity (Wildman–Crippen MR) is 189 cm³/mol. The molecular weight excluding hydrogens is 544 g/mol. The lowest BCUT2D eigenvalue weighted by molar-refractivity contribution is -0.728. The van der Waals surface area contributed by atoms with Gasteiger partial charge in [0.2, 0.25) is 0 Å². The smallest absolute Gasteiger partial charge is 0.215 e. The molecular formula is C43H51N2+.